The van der Waals surface area contributed by atoms with Gasteiger partial charge in [0, 0.05) is 43.3 Å². The summed E-state index contributed by atoms with van der Waals surface area (Å²) in [4.78, 5) is 24.7. The van der Waals surface area contributed by atoms with Crippen molar-refractivity contribution in [3.8, 4) is 5.75 Å². The highest BCUT2D eigenvalue weighted by Crippen LogP contribution is 2.41. The predicted octanol–water partition coefficient (Wildman–Crippen LogP) is 4.32. The van der Waals surface area contributed by atoms with E-state index < -0.39 is 11.4 Å². The van der Waals surface area contributed by atoms with Crippen molar-refractivity contribution in [1.82, 2.24) is 29.5 Å². The highest BCUT2D eigenvalue weighted by molar-refractivity contribution is 6.31. The van der Waals surface area contributed by atoms with E-state index in [9.17, 15) is 4.79 Å². The van der Waals surface area contributed by atoms with Crippen LogP contribution in [-0.4, -0.2) is 73.0 Å². The van der Waals surface area contributed by atoms with Crippen LogP contribution in [0.25, 0.3) is 11.0 Å². The number of carbonyl (C=O) groups excluding carboxylic acids is 1. The average Bonchev–Trinajstić information content (AvgIpc) is 3.02. The first-order valence-corrected chi connectivity index (χ1v) is 13.1. The minimum absolute atomic E-state index is 0.00928. The number of aryl methyl sites for hydroxylation is 1. The smallest absolute Gasteiger partial charge is 0.410 e. The van der Waals surface area contributed by atoms with Gasteiger partial charge in [0.05, 0.1) is 22.1 Å². The molecular formula is C26H33ClFN7O3. The third-order valence-electron chi connectivity index (χ3n) is 7.01. The summed E-state index contributed by atoms with van der Waals surface area (Å²) in [6.07, 6.45) is 0.827. The van der Waals surface area contributed by atoms with Crippen molar-refractivity contribution in [2.75, 3.05) is 25.4 Å². The summed E-state index contributed by atoms with van der Waals surface area (Å²) in [5.74, 6) is 0.303. The Balaban J connectivity index is 1.46. The van der Waals surface area contributed by atoms with Gasteiger partial charge in [-0.2, -0.15) is 5.10 Å². The number of rotatable bonds is 3. The van der Waals surface area contributed by atoms with Gasteiger partial charge >= 0.3 is 6.09 Å². The summed E-state index contributed by atoms with van der Waals surface area (Å²) < 4.78 is 29.1. The first kappa shape index (κ1) is 26.4. The molecule has 0 bridgehead atoms. The molecule has 1 unspecified atom stereocenters. The summed E-state index contributed by atoms with van der Waals surface area (Å²) in [7, 11) is 0. The van der Waals surface area contributed by atoms with E-state index in [1.807, 2.05) is 41.5 Å². The molecule has 1 amide bonds. The predicted molar refractivity (Wildman–Crippen MR) is 142 cm³/mol. The Bertz CT molecular complexity index is 1400. The van der Waals surface area contributed by atoms with Gasteiger partial charge in [-0.1, -0.05) is 11.6 Å². The van der Waals surface area contributed by atoms with Crippen LogP contribution in [0.2, 0.25) is 5.02 Å². The van der Waals surface area contributed by atoms with Gasteiger partial charge in [-0.15, -0.1) is 0 Å². The molecule has 3 aromatic rings. The number of fused-ring (bicyclic) bond motifs is 2. The van der Waals surface area contributed by atoms with Crippen molar-refractivity contribution in [2.45, 2.75) is 71.9 Å². The monoisotopic (exact) mass is 545 g/mol. The van der Waals surface area contributed by atoms with E-state index in [-0.39, 0.29) is 29.3 Å². The van der Waals surface area contributed by atoms with Crippen LogP contribution in [0.3, 0.4) is 0 Å². The number of hydrogen-bond donors (Lipinski definition) is 1. The maximum absolute atomic E-state index is 15.5. The topological polar surface area (TPSA) is 112 Å². The van der Waals surface area contributed by atoms with Gasteiger partial charge in [-0.25, -0.2) is 23.8 Å². The second kappa shape index (κ2) is 9.53. The van der Waals surface area contributed by atoms with E-state index in [2.05, 4.69) is 20.0 Å². The number of halogens is 2. The minimum Gasteiger partial charge on any atom is -0.489 e. The zero-order chi connectivity index (χ0) is 27.5. The van der Waals surface area contributed by atoms with Crippen molar-refractivity contribution in [3.63, 3.8) is 0 Å². The normalized spacial score (nSPS) is 19.5. The fraction of sp³-hybridized carbons (Fsp3) is 0.538. The lowest BCUT2D eigenvalue weighted by molar-refractivity contribution is -0.0207. The molecule has 2 aliphatic rings. The standard InChI is InChI=1S/C26H33ClFN7O3/c1-13-8-33(16-9-34(10-16)25(36)38-26(4,5)6)11-18-21(28)19(27)7-17(22(18)37-13)15(3)35-24-20(14(2)32-35)23(29)30-12-31-24/h7,12-13,15-16H,8-11H2,1-6H3,(H2,29,30,31)/t13-,15?/m0/s1. The zero-order valence-corrected chi connectivity index (χ0v) is 23.2. The number of nitrogens with zero attached hydrogens (tertiary/aromatic N) is 6. The van der Waals surface area contributed by atoms with Crippen LogP contribution in [0.5, 0.6) is 5.75 Å². The van der Waals surface area contributed by atoms with Gasteiger partial charge in [0.25, 0.3) is 0 Å². The Morgan fingerprint density at radius 1 is 1.29 bits per heavy atom. The lowest BCUT2D eigenvalue weighted by Gasteiger charge is -2.45. The van der Waals surface area contributed by atoms with E-state index in [0.717, 1.165) is 0 Å². The van der Waals surface area contributed by atoms with Gasteiger partial charge in [-0.3, -0.25) is 4.90 Å². The molecule has 10 nitrogen and oxygen atoms in total. The second-order valence-electron chi connectivity index (χ2n) is 11.1. The lowest BCUT2D eigenvalue weighted by atomic mass is 10.0. The van der Waals surface area contributed by atoms with E-state index in [4.69, 9.17) is 26.8 Å². The molecule has 2 aliphatic heterocycles. The molecule has 2 atom stereocenters. The molecule has 1 aromatic carbocycles. The molecule has 0 radical (unpaired) electrons. The highest BCUT2D eigenvalue weighted by Gasteiger charge is 2.40. The number of hydrogen-bond acceptors (Lipinski definition) is 8. The quantitative estimate of drug-likeness (QED) is 0.518. The highest BCUT2D eigenvalue weighted by atomic mass is 35.5. The van der Waals surface area contributed by atoms with Gasteiger partial charge in [0.1, 0.15) is 35.4 Å². The molecule has 1 saturated heterocycles. The van der Waals surface area contributed by atoms with Crippen molar-refractivity contribution in [1.29, 1.82) is 0 Å². The van der Waals surface area contributed by atoms with Crippen LogP contribution in [0.4, 0.5) is 15.0 Å². The summed E-state index contributed by atoms with van der Waals surface area (Å²) in [6.45, 7) is 13.1. The fourth-order valence-electron chi connectivity index (χ4n) is 5.12. The lowest BCUT2D eigenvalue weighted by Crippen LogP contribution is -2.62. The van der Waals surface area contributed by atoms with Crippen molar-refractivity contribution < 1.29 is 18.7 Å². The van der Waals surface area contributed by atoms with Crippen LogP contribution in [0, 0.1) is 12.7 Å². The number of anilines is 1. The Morgan fingerprint density at radius 2 is 2.00 bits per heavy atom. The Hall–Kier alpha value is -3.18. The van der Waals surface area contributed by atoms with Gasteiger partial charge < -0.3 is 20.1 Å². The van der Waals surface area contributed by atoms with Gasteiger partial charge in [-0.05, 0) is 47.6 Å². The van der Waals surface area contributed by atoms with Crippen LogP contribution < -0.4 is 10.5 Å². The maximum atomic E-state index is 15.5. The van der Waals surface area contributed by atoms with E-state index in [0.29, 0.717) is 65.6 Å². The SMILES string of the molecule is Cc1nn(C(C)c2cc(Cl)c(F)c3c2O[C@@H](C)CN(C2CN(C(=O)OC(C)(C)C)C2)C3)c2ncnc(N)c12. The van der Waals surface area contributed by atoms with Crippen molar-refractivity contribution >= 4 is 34.5 Å². The molecule has 0 saturated carbocycles. The van der Waals surface area contributed by atoms with Crippen LogP contribution in [-0.2, 0) is 11.3 Å². The number of amides is 1. The van der Waals surface area contributed by atoms with Crippen LogP contribution in [0.1, 0.15) is 57.5 Å². The summed E-state index contributed by atoms with van der Waals surface area (Å²) in [6, 6.07) is 1.28. The van der Waals surface area contributed by atoms with Crippen molar-refractivity contribution in [3.05, 3.63) is 40.1 Å². The first-order chi connectivity index (χ1) is 17.8. The Kier molecular flexibility index (Phi) is 6.63. The first-order valence-electron chi connectivity index (χ1n) is 12.7. The molecule has 5 rings (SSSR count). The molecule has 0 aliphatic carbocycles. The number of carbonyl (C=O) groups is 1. The fourth-order valence-corrected chi connectivity index (χ4v) is 5.35. The molecule has 2 N–H and O–H groups in total. The van der Waals surface area contributed by atoms with E-state index >= 15 is 4.39 Å². The largest absolute Gasteiger partial charge is 0.489 e. The van der Waals surface area contributed by atoms with E-state index in [1.54, 1.807) is 15.6 Å². The minimum atomic E-state index is -0.560. The Morgan fingerprint density at radius 3 is 2.68 bits per heavy atom. The summed E-state index contributed by atoms with van der Waals surface area (Å²) in [5.41, 5.74) is 7.89. The molecule has 2 aromatic heterocycles. The van der Waals surface area contributed by atoms with Crippen LogP contribution in [0.15, 0.2) is 12.4 Å². The number of aromatic nitrogens is 4. The molecule has 38 heavy (non-hydrogen) atoms. The van der Waals surface area contributed by atoms with Gasteiger partial charge in [0.15, 0.2) is 5.65 Å². The average molecular weight is 546 g/mol. The molecular weight excluding hydrogens is 513 g/mol. The number of likely N-dealkylation sites (tertiary alicyclic amines) is 1. The van der Waals surface area contributed by atoms with E-state index in [1.165, 1.54) is 6.33 Å². The molecule has 1 fully saturated rings. The Labute approximate surface area is 225 Å². The molecule has 12 heteroatoms. The number of nitrogens with two attached hydrogens (primary N) is 1. The zero-order valence-electron chi connectivity index (χ0n) is 22.5. The second-order valence-corrected chi connectivity index (χ2v) is 11.5. The number of ether oxygens (including phenoxy) is 2. The molecule has 204 valence electrons. The van der Waals surface area contributed by atoms with Gasteiger partial charge in [0.2, 0.25) is 0 Å². The third-order valence-corrected chi connectivity index (χ3v) is 7.28. The third kappa shape index (κ3) is 4.73. The molecule has 4 heterocycles. The number of nitrogen functional groups attached to an aromatic ring is 1. The molecule has 0 spiro atoms. The van der Waals surface area contributed by atoms with Crippen molar-refractivity contribution in [2.24, 2.45) is 0 Å². The van der Waals surface area contributed by atoms with Crippen LogP contribution >= 0.6 is 11.6 Å². The maximum Gasteiger partial charge on any atom is 0.410 e. The number of benzene rings is 1. The summed E-state index contributed by atoms with van der Waals surface area (Å²) >= 11 is 6.43. The summed E-state index contributed by atoms with van der Waals surface area (Å²) in [5, 5.41) is 5.36.